The lowest BCUT2D eigenvalue weighted by atomic mass is 9.98. The minimum atomic E-state index is -1.92. The highest BCUT2D eigenvalue weighted by atomic mass is 16.4. The number of aliphatic hydroxyl groups is 2. The second kappa shape index (κ2) is 44.7. The monoisotopic (exact) mass is 1650 g/mol. The number of likely N-dealkylation sites (tertiary alicyclic amines) is 2. The van der Waals surface area contributed by atoms with Crippen LogP contribution in [0.4, 0.5) is 0 Å². The highest BCUT2D eigenvalue weighted by Gasteiger charge is 2.44. The van der Waals surface area contributed by atoms with Crippen LogP contribution in [0.25, 0.3) is 21.8 Å². The zero-order valence-corrected chi connectivity index (χ0v) is 67.7. The van der Waals surface area contributed by atoms with Crippen LogP contribution in [0.1, 0.15) is 143 Å². The van der Waals surface area contributed by atoms with Crippen molar-refractivity contribution < 1.29 is 97.5 Å². The Bertz CT molecular complexity index is 4350. The quantitative estimate of drug-likeness (QED) is 0.0205. The van der Waals surface area contributed by atoms with Gasteiger partial charge in [0.1, 0.15) is 84.8 Å². The van der Waals surface area contributed by atoms with Crippen molar-refractivity contribution in [1.82, 2.24) is 78.3 Å². The van der Waals surface area contributed by atoms with E-state index in [0.29, 0.717) is 46.0 Å². The third-order valence-electron chi connectivity index (χ3n) is 20.4. The van der Waals surface area contributed by atoms with Gasteiger partial charge in [-0.25, -0.2) is 0 Å². The van der Waals surface area contributed by atoms with Crippen LogP contribution in [-0.4, -0.2) is 251 Å². The number of carbonyl (C=O) groups excluding carboxylic acids is 13. The Morgan fingerprint density at radius 1 is 0.466 bits per heavy atom. The lowest BCUT2D eigenvalue weighted by Gasteiger charge is -2.31. The fourth-order valence-electron chi connectivity index (χ4n) is 14.4. The number of amides is 13. The van der Waals surface area contributed by atoms with Crippen molar-refractivity contribution in [3.8, 4) is 5.75 Å². The largest absolute Gasteiger partial charge is 0.508 e. The SMILES string of the molecule is CC(C)C[C@H](NC(=O)[C@H](CCCCN)NC(=O)[C@@H](NC(=O)[C@H](CC(C)C)NC(=O)[C@@H]1CCCN1C(=O)[C@H](CC(=O)O)NC(=O)[C@H](Cc1ccc(O)cc1)NC(=O)[C@H](Cc1c[nH]c2ccccc12)NC(=O)[C@H](CO)NC(=O)[C@H](C)N)[C@@H](C)O)C(=O)N[C@@H](Cc1c[nH]c2ccccc12)C(=O)N[C@@H](CC(C)C)C(=O)N1CCC[C@H]1C(=O)NCC(=O)O. The number of hydrogen-bond acceptors (Lipinski definition) is 20. The first kappa shape index (κ1) is 93.6. The van der Waals surface area contributed by atoms with Gasteiger partial charge in [0, 0.05) is 66.6 Å². The smallest absolute Gasteiger partial charge is 0.322 e. The van der Waals surface area contributed by atoms with E-state index in [2.05, 4.69) is 68.5 Å². The summed E-state index contributed by atoms with van der Waals surface area (Å²) in [5.41, 5.74) is 14.4. The van der Waals surface area contributed by atoms with Gasteiger partial charge in [-0.15, -0.1) is 0 Å². The van der Waals surface area contributed by atoms with Gasteiger partial charge in [0.2, 0.25) is 76.8 Å². The molecule has 22 N–H and O–H groups in total. The van der Waals surface area contributed by atoms with Gasteiger partial charge in [-0.2, -0.15) is 0 Å². The summed E-state index contributed by atoms with van der Waals surface area (Å²) in [6.07, 6.45) is 1.10. The Labute approximate surface area is 682 Å². The number of aliphatic hydroxyl groups excluding tert-OH is 2. The molecule has 118 heavy (non-hydrogen) atoms. The molecular formula is C81H115N17O20. The summed E-state index contributed by atoms with van der Waals surface area (Å²) in [5, 5.41) is 81.0. The Hall–Kier alpha value is -11.6. The van der Waals surface area contributed by atoms with E-state index in [1.165, 1.54) is 43.0 Å². The van der Waals surface area contributed by atoms with Crippen molar-refractivity contribution >= 4 is 111 Å². The number of aromatic nitrogens is 2. The Balaban J connectivity index is 1.08. The number of nitrogens with two attached hydrogens (primary N) is 2. The van der Waals surface area contributed by atoms with Gasteiger partial charge in [0.15, 0.2) is 0 Å². The summed E-state index contributed by atoms with van der Waals surface area (Å²) >= 11 is 0. The molecule has 37 heteroatoms. The minimum Gasteiger partial charge on any atom is -0.508 e. The Morgan fingerprint density at radius 2 is 0.881 bits per heavy atom. The number of carboxylic acid groups (broad SMARTS) is 2. The molecule has 3 aromatic carbocycles. The van der Waals surface area contributed by atoms with Gasteiger partial charge in [-0.3, -0.25) is 71.9 Å². The molecule has 0 bridgehead atoms. The summed E-state index contributed by atoms with van der Waals surface area (Å²) in [6.45, 7) is 11.8. The van der Waals surface area contributed by atoms with Crippen LogP contribution in [0.2, 0.25) is 0 Å². The predicted octanol–water partition coefficient (Wildman–Crippen LogP) is -1.12. The van der Waals surface area contributed by atoms with Crippen LogP contribution in [0, 0.1) is 17.8 Å². The lowest BCUT2D eigenvalue weighted by Crippen LogP contribution is -2.62. The van der Waals surface area contributed by atoms with Gasteiger partial charge in [-0.1, -0.05) is 90.1 Å². The second-order valence-corrected chi connectivity index (χ2v) is 31.5. The van der Waals surface area contributed by atoms with E-state index >= 15 is 0 Å². The number of H-pyrrole nitrogens is 2. The van der Waals surface area contributed by atoms with Crippen LogP contribution in [-0.2, 0) is 91.2 Å². The van der Waals surface area contributed by atoms with E-state index < -0.39 is 193 Å². The maximum absolute atomic E-state index is 14.9. The zero-order chi connectivity index (χ0) is 86.8. The van der Waals surface area contributed by atoms with Gasteiger partial charge in [0.25, 0.3) is 0 Å². The summed E-state index contributed by atoms with van der Waals surface area (Å²) < 4.78 is 0. The molecule has 5 aromatic rings. The number of carbonyl (C=O) groups is 15. The Morgan fingerprint density at radius 3 is 1.36 bits per heavy atom. The van der Waals surface area contributed by atoms with E-state index in [-0.39, 0.29) is 114 Å². The van der Waals surface area contributed by atoms with Crippen molar-refractivity contribution in [2.24, 2.45) is 29.2 Å². The van der Waals surface area contributed by atoms with Crippen molar-refractivity contribution in [1.29, 1.82) is 0 Å². The van der Waals surface area contributed by atoms with E-state index in [1.807, 2.05) is 26.0 Å². The first-order valence-corrected chi connectivity index (χ1v) is 40.0. The highest BCUT2D eigenvalue weighted by Crippen LogP contribution is 2.26. The zero-order valence-electron chi connectivity index (χ0n) is 67.7. The number of fused-ring (bicyclic) bond motifs is 2. The molecule has 2 saturated heterocycles. The van der Waals surface area contributed by atoms with E-state index in [9.17, 15) is 97.5 Å². The molecule has 644 valence electrons. The van der Waals surface area contributed by atoms with Gasteiger partial charge in [0.05, 0.1) is 25.2 Å². The fourth-order valence-corrected chi connectivity index (χ4v) is 14.4. The molecule has 37 nitrogen and oxygen atoms in total. The Kier molecular flexibility index (Phi) is 35.4. The third kappa shape index (κ3) is 27.3. The molecule has 0 spiro atoms. The molecule has 0 unspecified atom stereocenters. The maximum atomic E-state index is 14.9. The first-order chi connectivity index (χ1) is 56.0. The molecule has 13 amide bonds. The molecule has 0 saturated carbocycles. The van der Waals surface area contributed by atoms with Crippen LogP contribution < -0.4 is 70.0 Å². The van der Waals surface area contributed by atoms with E-state index in [1.54, 1.807) is 76.5 Å². The molecule has 0 aliphatic carbocycles. The van der Waals surface area contributed by atoms with Crippen molar-refractivity contribution in [2.45, 2.75) is 230 Å². The maximum Gasteiger partial charge on any atom is 0.322 e. The lowest BCUT2D eigenvalue weighted by molar-refractivity contribution is -0.146. The van der Waals surface area contributed by atoms with Crippen molar-refractivity contribution in [3.05, 3.63) is 102 Å². The number of phenolic OH excluding ortho intramolecular Hbond substituents is 1. The standard InChI is InChI=1S/C81H115N17O20/c1-42(2)31-56(71(108)90-60(36-49-39-85-54-20-12-10-18-52(49)54)74(111)93-61(33-44(5)6)80(117)97-29-15-22-64(97)77(114)86-40-67(104)105)88-70(107)55(21-13-14-28-82)87-79(116)68(46(8)100)96-75(112)57(32-43(3)4)92-78(115)65-23-16-30-98(65)81(118)62(37-66(102)103)94-72(109)58(34-47-24-26-50(101)27-25-47)89-73(110)59(35-48-38-84-53-19-11-9-17-51(48)53)91-76(113)63(41-99)95-69(106)45(7)83/h9-12,17-20,24-27,38-39,42-46,55-65,68,84-85,99-101H,13-16,21-23,28-37,40-41,82-83H2,1-8H3,(H,86,114)(H,87,116)(H,88,107)(H,89,110)(H,90,108)(H,91,113)(H,92,115)(H,93,111)(H,94,109)(H,95,106)(H,96,112)(H,102,103)(H,104,105)/t45-,46+,55-,56-,57-,58-,59-,60-,61-,62-,63-,64-,65-,68-/m0/s1. The number of nitrogens with zero attached hydrogens (tertiary/aromatic N) is 2. The van der Waals surface area contributed by atoms with E-state index in [0.717, 1.165) is 10.3 Å². The number of rotatable bonds is 45. The number of nitrogens with one attached hydrogen (secondary N) is 13. The number of carboxylic acids is 2. The normalized spacial score (nSPS) is 17.1. The van der Waals surface area contributed by atoms with E-state index in [4.69, 9.17) is 11.5 Å². The molecule has 0 radical (unpaired) electrons. The van der Waals surface area contributed by atoms with Crippen molar-refractivity contribution in [3.63, 3.8) is 0 Å². The average Bonchev–Trinajstić information content (AvgIpc) is 1.62. The average molecular weight is 1650 g/mol. The summed E-state index contributed by atoms with van der Waals surface area (Å²) in [7, 11) is 0. The number of phenols is 1. The van der Waals surface area contributed by atoms with Crippen LogP contribution in [0.5, 0.6) is 5.75 Å². The van der Waals surface area contributed by atoms with Gasteiger partial charge in [-0.05, 0) is 143 Å². The van der Waals surface area contributed by atoms with Crippen LogP contribution in [0.15, 0.2) is 85.2 Å². The number of benzene rings is 3. The second-order valence-electron chi connectivity index (χ2n) is 31.5. The number of aromatic amines is 2. The molecule has 2 fully saturated rings. The molecule has 14 atom stereocenters. The van der Waals surface area contributed by atoms with Crippen LogP contribution in [0.3, 0.4) is 0 Å². The number of aromatic hydroxyl groups is 1. The molecule has 2 aliphatic rings. The topological polar surface area (TPSA) is 580 Å². The summed E-state index contributed by atoms with van der Waals surface area (Å²) in [6, 6.07) is 0.651. The predicted molar refractivity (Wildman–Crippen MR) is 431 cm³/mol. The number of unbranched alkanes of at least 4 members (excludes halogenated alkanes) is 1. The molecular weight excluding hydrogens is 1530 g/mol. The first-order valence-electron chi connectivity index (χ1n) is 40.0. The van der Waals surface area contributed by atoms with Gasteiger partial charge < -0.3 is 115 Å². The number of hydrogen-bond donors (Lipinski definition) is 20. The number of para-hydroxylation sites is 2. The molecule has 7 rings (SSSR count). The summed E-state index contributed by atoms with van der Waals surface area (Å²) in [5.74, 6) is -15.5. The molecule has 4 heterocycles. The molecule has 2 aliphatic heterocycles. The van der Waals surface area contributed by atoms with Gasteiger partial charge >= 0.3 is 11.9 Å². The van der Waals surface area contributed by atoms with Crippen molar-refractivity contribution in [2.75, 3.05) is 32.8 Å². The highest BCUT2D eigenvalue weighted by molar-refractivity contribution is 6.02. The summed E-state index contributed by atoms with van der Waals surface area (Å²) in [4.78, 5) is 220. The molecule has 2 aromatic heterocycles. The third-order valence-corrected chi connectivity index (χ3v) is 20.4. The van der Waals surface area contributed by atoms with Crippen LogP contribution >= 0.6 is 0 Å². The number of aliphatic carboxylic acids is 2. The minimum absolute atomic E-state index is 0.0150. The fraction of sp³-hybridized carbons (Fsp3) is 0.543.